The summed E-state index contributed by atoms with van der Waals surface area (Å²) in [7, 11) is -3.36. The Morgan fingerprint density at radius 3 is 2.44 bits per heavy atom. The molecule has 0 aliphatic heterocycles. The highest BCUT2D eigenvalue weighted by Gasteiger charge is 2.41. The van der Waals surface area contributed by atoms with Crippen LogP contribution in [0.5, 0.6) is 0 Å². The lowest BCUT2D eigenvalue weighted by molar-refractivity contribution is 0.112. The monoisotopic (exact) mass is 268 g/mol. The Balaban J connectivity index is 2.09. The second kappa shape index (κ2) is 4.19. The summed E-state index contributed by atoms with van der Waals surface area (Å²) >= 11 is 0. The van der Waals surface area contributed by atoms with Crippen molar-refractivity contribution in [2.75, 3.05) is 0 Å². The zero-order valence-corrected chi connectivity index (χ0v) is 10.9. The average molecular weight is 268 g/mol. The highest BCUT2D eigenvalue weighted by molar-refractivity contribution is 7.92. The number of aldehydes is 1. The molecule has 1 heterocycles. The van der Waals surface area contributed by atoms with E-state index < -0.39 is 9.84 Å². The summed E-state index contributed by atoms with van der Waals surface area (Å²) in [5.41, 5.74) is 0.216. The van der Waals surface area contributed by atoms with Gasteiger partial charge in [0, 0.05) is 0 Å². The van der Waals surface area contributed by atoms with Crippen LogP contribution in [0.3, 0.4) is 0 Å². The quantitative estimate of drug-likeness (QED) is 0.780. The number of rotatable bonds is 4. The highest BCUT2D eigenvalue weighted by atomic mass is 32.2. The van der Waals surface area contributed by atoms with Gasteiger partial charge in [-0.1, -0.05) is 12.8 Å². The van der Waals surface area contributed by atoms with Gasteiger partial charge < -0.3 is 0 Å². The smallest absolute Gasteiger partial charge is 0.198 e. The van der Waals surface area contributed by atoms with Crippen LogP contribution in [0, 0.1) is 0 Å². The normalized spacial score (nSPS) is 21.3. The molecule has 2 aliphatic carbocycles. The van der Waals surface area contributed by atoms with Crippen molar-refractivity contribution < 1.29 is 13.2 Å². The van der Waals surface area contributed by atoms with Gasteiger partial charge in [0.2, 0.25) is 0 Å². The third-order valence-corrected chi connectivity index (χ3v) is 6.12. The molecule has 0 unspecified atom stereocenters. The predicted molar refractivity (Wildman–Crippen MR) is 65.3 cm³/mol. The lowest BCUT2D eigenvalue weighted by atomic mass is 10.2. The molecule has 0 N–H and O–H groups in total. The molecule has 2 saturated carbocycles. The van der Waals surface area contributed by atoms with Gasteiger partial charge in [0.15, 0.2) is 21.1 Å². The van der Waals surface area contributed by atoms with Crippen LogP contribution in [0.25, 0.3) is 0 Å². The average Bonchev–Trinajstić information content (AvgIpc) is 2.93. The maximum atomic E-state index is 12.4. The van der Waals surface area contributed by atoms with Gasteiger partial charge in [-0.15, -0.1) is 0 Å². The fourth-order valence-corrected chi connectivity index (χ4v) is 4.64. The fraction of sp³-hybridized carbons (Fsp3) is 0.667. The van der Waals surface area contributed by atoms with Gasteiger partial charge >= 0.3 is 0 Å². The topological polar surface area (TPSA) is 69.0 Å². The maximum absolute atomic E-state index is 12.4. The first-order valence-corrected chi connectivity index (χ1v) is 7.96. The van der Waals surface area contributed by atoms with Crippen molar-refractivity contribution >= 4 is 16.1 Å². The summed E-state index contributed by atoms with van der Waals surface area (Å²) in [4.78, 5) is 11.0. The standard InChI is InChI=1S/C12H16N2O3S/c15-8-9-7-13-14(10-3-1-2-4-10)12(9)18(16,17)11-5-6-11/h7-8,10-11H,1-6H2. The Bertz CT molecular complexity index is 566. The first-order valence-electron chi connectivity index (χ1n) is 6.41. The van der Waals surface area contributed by atoms with Crippen LogP contribution in [0.1, 0.15) is 54.9 Å². The molecule has 1 aromatic heterocycles. The molecule has 2 fully saturated rings. The van der Waals surface area contributed by atoms with E-state index in [9.17, 15) is 13.2 Å². The van der Waals surface area contributed by atoms with Gasteiger partial charge in [0.1, 0.15) is 0 Å². The van der Waals surface area contributed by atoms with E-state index in [2.05, 4.69) is 5.10 Å². The van der Waals surface area contributed by atoms with Crippen molar-refractivity contribution in [3.05, 3.63) is 11.8 Å². The van der Waals surface area contributed by atoms with Crippen molar-refractivity contribution in [2.24, 2.45) is 0 Å². The highest BCUT2D eigenvalue weighted by Crippen LogP contribution is 2.38. The molecule has 0 spiro atoms. The molecule has 0 atom stereocenters. The Labute approximate surface area is 106 Å². The Morgan fingerprint density at radius 1 is 1.22 bits per heavy atom. The number of hydrogen-bond donors (Lipinski definition) is 0. The van der Waals surface area contributed by atoms with Crippen molar-refractivity contribution in [1.29, 1.82) is 0 Å². The Kier molecular flexibility index (Phi) is 2.77. The largest absolute Gasteiger partial charge is 0.298 e. The lowest BCUT2D eigenvalue weighted by Crippen LogP contribution is -2.18. The van der Waals surface area contributed by atoms with Gasteiger partial charge in [-0.25, -0.2) is 8.42 Å². The van der Waals surface area contributed by atoms with Crippen LogP contribution in [0.15, 0.2) is 11.2 Å². The molecule has 0 amide bonds. The van der Waals surface area contributed by atoms with Crippen LogP contribution < -0.4 is 0 Å². The van der Waals surface area contributed by atoms with Gasteiger partial charge in [0.05, 0.1) is 23.1 Å². The summed E-state index contributed by atoms with van der Waals surface area (Å²) in [6.45, 7) is 0. The summed E-state index contributed by atoms with van der Waals surface area (Å²) < 4.78 is 26.4. The fourth-order valence-electron chi connectivity index (χ4n) is 2.68. The number of aromatic nitrogens is 2. The van der Waals surface area contributed by atoms with E-state index in [-0.39, 0.29) is 21.9 Å². The molecule has 3 rings (SSSR count). The number of nitrogens with zero attached hydrogens (tertiary/aromatic N) is 2. The van der Waals surface area contributed by atoms with Crippen LogP contribution in [-0.2, 0) is 9.84 Å². The van der Waals surface area contributed by atoms with Crippen molar-refractivity contribution in [1.82, 2.24) is 9.78 Å². The van der Waals surface area contributed by atoms with E-state index in [0.717, 1.165) is 25.7 Å². The van der Waals surface area contributed by atoms with Crippen LogP contribution in [-0.4, -0.2) is 29.7 Å². The summed E-state index contributed by atoms with van der Waals surface area (Å²) in [6, 6.07) is 0.141. The molecule has 0 bridgehead atoms. The second-order valence-corrected chi connectivity index (χ2v) is 7.29. The van der Waals surface area contributed by atoms with Crippen molar-refractivity contribution in [2.45, 2.75) is 54.8 Å². The van der Waals surface area contributed by atoms with Gasteiger partial charge in [0.25, 0.3) is 0 Å². The molecule has 98 valence electrons. The third kappa shape index (κ3) is 1.79. The molecule has 1 aromatic rings. The number of sulfone groups is 1. The minimum atomic E-state index is -3.36. The zero-order valence-electron chi connectivity index (χ0n) is 10.1. The molecular weight excluding hydrogens is 252 g/mol. The van der Waals surface area contributed by atoms with E-state index >= 15 is 0 Å². The second-order valence-electron chi connectivity index (χ2n) is 5.15. The summed E-state index contributed by atoms with van der Waals surface area (Å²) in [5, 5.41) is 4.01. The van der Waals surface area contributed by atoms with E-state index in [1.54, 1.807) is 4.68 Å². The summed E-state index contributed by atoms with van der Waals surface area (Å²) in [5.74, 6) is 0. The van der Waals surface area contributed by atoms with Crippen LogP contribution in [0.2, 0.25) is 0 Å². The zero-order chi connectivity index (χ0) is 12.8. The van der Waals surface area contributed by atoms with E-state index in [4.69, 9.17) is 0 Å². The first-order chi connectivity index (χ1) is 8.64. The molecule has 0 saturated heterocycles. The first kappa shape index (κ1) is 11.9. The van der Waals surface area contributed by atoms with E-state index in [1.807, 2.05) is 0 Å². The number of carbonyl (C=O) groups excluding carboxylic acids is 1. The molecule has 5 nitrogen and oxygen atoms in total. The molecular formula is C12H16N2O3S. The maximum Gasteiger partial charge on any atom is 0.198 e. The molecule has 2 aliphatic rings. The summed E-state index contributed by atoms with van der Waals surface area (Å²) in [6.07, 6.45) is 7.51. The van der Waals surface area contributed by atoms with E-state index in [1.165, 1.54) is 6.20 Å². The Hall–Kier alpha value is -1.17. The molecule has 6 heteroatoms. The molecule has 18 heavy (non-hydrogen) atoms. The number of hydrogen-bond acceptors (Lipinski definition) is 4. The minimum Gasteiger partial charge on any atom is -0.298 e. The predicted octanol–water partition coefficient (Wildman–Crippen LogP) is 1.75. The van der Waals surface area contributed by atoms with Gasteiger partial charge in [-0.05, 0) is 25.7 Å². The van der Waals surface area contributed by atoms with Gasteiger partial charge in [-0.2, -0.15) is 5.10 Å². The minimum absolute atomic E-state index is 0.141. The Morgan fingerprint density at radius 2 is 1.89 bits per heavy atom. The number of carbonyl (C=O) groups is 1. The van der Waals surface area contributed by atoms with Gasteiger partial charge in [-0.3, -0.25) is 9.48 Å². The third-order valence-electron chi connectivity index (χ3n) is 3.81. The SMILES string of the molecule is O=Cc1cnn(C2CCCC2)c1S(=O)(=O)C1CC1. The molecule has 0 radical (unpaired) electrons. The lowest BCUT2D eigenvalue weighted by Gasteiger charge is -2.14. The van der Waals surface area contributed by atoms with E-state index in [0.29, 0.717) is 19.1 Å². The van der Waals surface area contributed by atoms with Crippen molar-refractivity contribution in [3.63, 3.8) is 0 Å². The van der Waals surface area contributed by atoms with Crippen molar-refractivity contribution in [3.8, 4) is 0 Å². The van der Waals surface area contributed by atoms with Crippen LogP contribution in [0.4, 0.5) is 0 Å². The van der Waals surface area contributed by atoms with Crippen LogP contribution >= 0.6 is 0 Å². The molecule has 0 aromatic carbocycles.